The minimum atomic E-state index is -0.353. The van der Waals surface area contributed by atoms with Gasteiger partial charge < -0.3 is 9.47 Å². The van der Waals surface area contributed by atoms with Gasteiger partial charge in [-0.2, -0.15) is 0 Å². The lowest BCUT2D eigenvalue weighted by molar-refractivity contribution is -0.140. The van der Waals surface area contributed by atoms with Crippen LogP contribution in [0, 0.1) is 0 Å². The number of esters is 2. The molecule has 0 unspecified atom stereocenters. The van der Waals surface area contributed by atoms with E-state index >= 15 is 0 Å². The SMILES string of the molecule is CCOC(=O)/C=C/CSCC(=O)OCC. The van der Waals surface area contributed by atoms with E-state index < -0.39 is 0 Å². The van der Waals surface area contributed by atoms with E-state index in [2.05, 4.69) is 4.74 Å². The molecule has 0 aliphatic carbocycles. The predicted octanol–water partition coefficient (Wildman–Crippen LogP) is 1.40. The molecule has 0 fully saturated rings. The maximum Gasteiger partial charge on any atom is 0.330 e. The molecule has 0 atom stereocenters. The van der Waals surface area contributed by atoms with Gasteiger partial charge in [0.1, 0.15) is 0 Å². The highest BCUT2D eigenvalue weighted by atomic mass is 32.2. The van der Waals surface area contributed by atoms with Crippen molar-refractivity contribution in [2.24, 2.45) is 0 Å². The molecule has 0 aliphatic rings. The van der Waals surface area contributed by atoms with Crippen LogP contribution in [0.3, 0.4) is 0 Å². The summed E-state index contributed by atoms with van der Waals surface area (Å²) in [7, 11) is 0. The summed E-state index contributed by atoms with van der Waals surface area (Å²) in [6.45, 7) is 4.29. The lowest BCUT2D eigenvalue weighted by atomic mass is 10.5. The molecule has 0 aromatic rings. The van der Waals surface area contributed by atoms with Crippen molar-refractivity contribution < 1.29 is 19.1 Å². The zero-order valence-corrected chi connectivity index (χ0v) is 9.84. The molecular formula is C10H16O4S. The second kappa shape index (κ2) is 9.58. The average molecular weight is 232 g/mol. The van der Waals surface area contributed by atoms with Crippen molar-refractivity contribution in [2.45, 2.75) is 13.8 Å². The van der Waals surface area contributed by atoms with Crippen LogP contribution in [-0.2, 0) is 19.1 Å². The fourth-order valence-corrected chi connectivity index (χ4v) is 1.35. The summed E-state index contributed by atoms with van der Waals surface area (Å²) in [6, 6.07) is 0. The highest BCUT2D eigenvalue weighted by Crippen LogP contribution is 2.01. The Kier molecular flexibility index (Phi) is 8.96. The van der Waals surface area contributed by atoms with Crippen LogP contribution in [0.15, 0.2) is 12.2 Å². The van der Waals surface area contributed by atoms with Crippen LogP contribution in [-0.4, -0.2) is 36.7 Å². The second-order valence-corrected chi connectivity index (χ2v) is 3.50. The zero-order chi connectivity index (χ0) is 11.5. The Labute approximate surface area is 94.0 Å². The largest absolute Gasteiger partial charge is 0.465 e. The lowest BCUT2D eigenvalue weighted by Gasteiger charge is -1.99. The minimum Gasteiger partial charge on any atom is -0.465 e. The standard InChI is InChI=1S/C10H16O4S/c1-3-13-9(11)6-5-7-15-8-10(12)14-4-2/h5-6H,3-4,7-8H2,1-2H3/b6-5+. The predicted molar refractivity (Wildman–Crippen MR) is 59.7 cm³/mol. The smallest absolute Gasteiger partial charge is 0.330 e. The molecule has 0 aliphatic heterocycles. The number of rotatable bonds is 7. The fourth-order valence-electron chi connectivity index (χ4n) is 0.748. The summed E-state index contributed by atoms with van der Waals surface area (Å²) in [5.41, 5.74) is 0. The Bertz CT molecular complexity index is 225. The molecule has 0 saturated carbocycles. The first-order valence-corrected chi connectivity index (χ1v) is 5.92. The Balaban J connectivity index is 3.45. The third-order valence-corrected chi connectivity index (χ3v) is 2.15. The highest BCUT2D eigenvalue weighted by Gasteiger charge is 1.99. The molecule has 0 saturated heterocycles. The van der Waals surface area contributed by atoms with Crippen molar-refractivity contribution in [3.8, 4) is 0 Å². The first-order chi connectivity index (χ1) is 7.20. The maximum absolute atomic E-state index is 10.9. The molecule has 0 bridgehead atoms. The maximum atomic E-state index is 10.9. The summed E-state index contributed by atoms with van der Waals surface area (Å²) in [6.07, 6.45) is 3.03. The van der Waals surface area contributed by atoms with E-state index in [4.69, 9.17) is 4.74 Å². The second-order valence-electron chi connectivity index (χ2n) is 2.47. The first kappa shape index (κ1) is 14.0. The number of ether oxygens (including phenoxy) is 2. The first-order valence-electron chi connectivity index (χ1n) is 4.77. The molecule has 0 aromatic heterocycles. The van der Waals surface area contributed by atoms with Crippen molar-refractivity contribution in [3.05, 3.63) is 12.2 Å². The molecule has 0 heterocycles. The van der Waals surface area contributed by atoms with Crippen molar-refractivity contribution in [1.82, 2.24) is 0 Å². The quantitative estimate of drug-likeness (QED) is 0.377. The van der Waals surface area contributed by atoms with Crippen LogP contribution in [0.4, 0.5) is 0 Å². The molecule has 86 valence electrons. The van der Waals surface area contributed by atoms with Gasteiger partial charge in [0.25, 0.3) is 0 Å². The summed E-state index contributed by atoms with van der Waals surface area (Å²) >= 11 is 1.39. The van der Waals surface area contributed by atoms with Gasteiger partial charge >= 0.3 is 11.9 Å². The van der Waals surface area contributed by atoms with Crippen molar-refractivity contribution in [3.63, 3.8) is 0 Å². The molecule has 0 radical (unpaired) electrons. The Morgan fingerprint density at radius 1 is 1.20 bits per heavy atom. The van der Waals surface area contributed by atoms with Gasteiger partial charge in [-0.1, -0.05) is 6.08 Å². The topological polar surface area (TPSA) is 52.6 Å². The fraction of sp³-hybridized carbons (Fsp3) is 0.600. The lowest BCUT2D eigenvalue weighted by Crippen LogP contribution is -2.06. The van der Waals surface area contributed by atoms with Crippen LogP contribution < -0.4 is 0 Å². The van der Waals surface area contributed by atoms with Crippen molar-refractivity contribution in [2.75, 3.05) is 24.7 Å². The van der Waals surface area contributed by atoms with Gasteiger partial charge in [-0.3, -0.25) is 4.79 Å². The number of carbonyl (C=O) groups excluding carboxylic acids is 2. The summed E-state index contributed by atoms with van der Waals surface area (Å²) in [5, 5.41) is 0. The molecule has 0 rings (SSSR count). The van der Waals surface area contributed by atoms with Gasteiger partial charge in [0.15, 0.2) is 0 Å². The molecule has 5 heteroatoms. The third-order valence-electron chi connectivity index (χ3n) is 1.28. The van der Waals surface area contributed by atoms with E-state index in [1.807, 2.05) is 0 Å². The zero-order valence-electron chi connectivity index (χ0n) is 9.02. The van der Waals surface area contributed by atoms with E-state index in [9.17, 15) is 9.59 Å². The van der Waals surface area contributed by atoms with Crippen LogP contribution in [0.1, 0.15) is 13.8 Å². The van der Waals surface area contributed by atoms with Crippen LogP contribution >= 0.6 is 11.8 Å². The Morgan fingerprint density at radius 2 is 1.87 bits per heavy atom. The Hall–Kier alpha value is -0.970. The van der Waals surface area contributed by atoms with Gasteiger partial charge in [-0.25, -0.2) is 4.79 Å². The van der Waals surface area contributed by atoms with Crippen molar-refractivity contribution in [1.29, 1.82) is 0 Å². The number of thioether (sulfide) groups is 1. The van der Waals surface area contributed by atoms with Crippen LogP contribution in [0.25, 0.3) is 0 Å². The van der Waals surface area contributed by atoms with E-state index in [1.165, 1.54) is 17.8 Å². The normalized spacial score (nSPS) is 10.3. The van der Waals surface area contributed by atoms with E-state index in [0.29, 0.717) is 24.7 Å². The van der Waals surface area contributed by atoms with E-state index in [-0.39, 0.29) is 11.9 Å². The van der Waals surface area contributed by atoms with Crippen molar-refractivity contribution >= 4 is 23.7 Å². The van der Waals surface area contributed by atoms with E-state index in [0.717, 1.165) is 0 Å². The molecule has 0 amide bonds. The molecular weight excluding hydrogens is 216 g/mol. The van der Waals surface area contributed by atoms with Gasteiger partial charge in [0.05, 0.1) is 19.0 Å². The minimum absolute atomic E-state index is 0.230. The molecule has 0 N–H and O–H groups in total. The summed E-state index contributed by atoms with van der Waals surface area (Å²) in [4.78, 5) is 21.7. The van der Waals surface area contributed by atoms with Gasteiger partial charge in [-0.05, 0) is 13.8 Å². The third kappa shape index (κ3) is 9.34. The molecule has 0 spiro atoms. The number of hydrogen-bond donors (Lipinski definition) is 0. The average Bonchev–Trinajstić information content (AvgIpc) is 2.18. The molecule has 15 heavy (non-hydrogen) atoms. The summed E-state index contributed by atoms with van der Waals surface area (Å²) < 4.78 is 9.41. The molecule has 4 nitrogen and oxygen atoms in total. The number of hydrogen-bond acceptors (Lipinski definition) is 5. The monoisotopic (exact) mass is 232 g/mol. The highest BCUT2D eigenvalue weighted by molar-refractivity contribution is 8.00. The van der Waals surface area contributed by atoms with Crippen LogP contribution in [0.2, 0.25) is 0 Å². The van der Waals surface area contributed by atoms with Gasteiger partial charge in [0, 0.05) is 11.8 Å². The summed E-state index contributed by atoms with van der Waals surface area (Å²) in [5.74, 6) is 0.319. The van der Waals surface area contributed by atoms with Gasteiger partial charge in [0.2, 0.25) is 0 Å². The Morgan fingerprint density at radius 3 is 2.47 bits per heavy atom. The van der Waals surface area contributed by atoms with Crippen LogP contribution in [0.5, 0.6) is 0 Å². The van der Waals surface area contributed by atoms with E-state index in [1.54, 1.807) is 19.9 Å². The number of carbonyl (C=O) groups is 2. The molecule has 0 aromatic carbocycles. The van der Waals surface area contributed by atoms with Gasteiger partial charge in [-0.15, -0.1) is 11.8 Å².